The van der Waals surface area contributed by atoms with Crippen LogP contribution in [0.5, 0.6) is 0 Å². The van der Waals surface area contributed by atoms with Crippen LogP contribution >= 0.6 is 0 Å². The van der Waals surface area contributed by atoms with Gasteiger partial charge >= 0.3 is 0 Å². The van der Waals surface area contributed by atoms with Crippen LogP contribution in [0.25, 0.3) is 0 Å². The molecule has 1 aliphatic heterocycles. The van der Waals surface area contributed by atoms with Crippen molar-refractivity contribution in [2.75, 3.05) is 19.8 Å². The number of aliphatic hydroxyl groups is 1. The van der Waals surface area contributed by atoms with E-state index in [-0.39, 0.29) is 37.7 Å². The summed E-state index contributed by atoms with van der Waals surface area (Å²) in [5.41, 5.74) is 0. The Morgan fingerprint density at radius 3 is 2.43 bits per heavy atom. The SMILES string of the molecule is CCC(CCO)N1C(=O)COCC1=O. The predicted octanol–water partition coefficient (Wildman–Crippen LogP) is -0.467. The Morgan fingerprint density at radius 2 is 2.00 bits per heavy atom. The molecule has 5 nitrogen and oxygen atoms in total. The summed E-state index contributed by atoms with van der Waals surface area (Å²) in [4.78, 5) is 24.0. The minimum Gasteiger partial charge on any atom is -0.396 e. The highest BCUT2D eigenvalue weighted by molar-refractivity contribution is 5.98. The Balaban J connectivity index is 2.69. The van der Waals surface area contributed by atoms with E-state index >= 15 is 0 Å². The quantitative estimate of drug-likeness (QED) is 0.624. The molecule has 1 atom stereocenters. The van der Waals surface area contributed by atoms with Gasteiger partial charge in [0.2, 0.25) is 0 Å². The van der Waals surface area contributed by atoms with Crippen LogP contribution in [-0.2, 0) is 14.3 Å². The number of ether oxygens (including phenoxy) is 1. The van der Waals surface area contributed by atoms with Crippen molar-refractivity contribution < 1.29 is 19.4 Å². The standard InChI is InChI=1S/C9H15NO4/c1-2-7(3-4-11)10-8(12)5-14-6-9(10)13/h7,11H,2-6H2,1H3. The van der Waals surface area contributed by atoms with Crippen LogP contribution in [0.2, 0.25) is 0 Å². The highest BCUT2D eigenvalue weighted by atomic mass is 16.5. The molecule has 14 heavy (non-hydrogen) atoms. The van der Waals surface area contributed by atoms with E-state index in [1.54, 1.807) is 0 Å². The fourth-order valence-corrected chi connectivity index (χ4v) is 1.58. The van der Waals surface area contributed by atoms with Crippen LogP contribution in [0.15, 0.2) is 0 Å². The van der Waals surface area contributed by atoms with Crippen LogP contribution in [-0.4, -0.2) is 47.7 Å². The lowest BCUT2D eigenvalue weighted by molar-refractivity contribution is -0.161. The highest BCUT2D eigenvalue weighted by Crippen LogP contribution is 2.12. The lowest BCUT2D eigenvalue weighted by atomic mass is 10.1. The number of hydrogen-bond donors (Lipinski definition) is 1. The largest absolute Gasteiger partial charge is 0.396 e. The highest BCUT2D eigenvalue weighted by Gasteiger charge is 2.31. The molecule has 1 N–H and O–H groups in total. The second-order valence-corrected chi connectivity index (χ2v) is 3.22. The number of rotatable bonds is 4. The van der Waals surface area contributed by atoms with Crippen molar-refractivity contribution >= 4 is 11.8 Å². The van der Waals surface area contributed by atoms with Crippen LogP contribution in [0.4, 0.5) is 0 Å². The molecule has 1 heterocycles. The molecule has 2 amide bonds. The number of imide groups is 1. The minimum absolute atomic E-state index is 0.0174. The molecular formula is C9H15NO4. The molecule has 0 aromatic heterocycles. The van der Waals surface area contributed by atoms with E-state index in [2.05, 4.69) is 0 Å². The first-order chi connectivity index (χ1) is 6.70. The number of carbonyl (C=O) groups excluding carboxylic acids is 2. The molecule has 0 bridgehead atoms. The first kappa shape index (κ1) is 11.1. The normalized spacial score (nSPS) is 20.0. The molecule has 1 aliphatic rings. The Labute approximate surface area is 82.6 Å². The summed E-state index contributed by atoms with van der Waals surface area (Å²) in [5, 5.41) is 8.79. The van der Waals surface area contributed by atoms with Gasteiger partial charge in [-0.05, 0) is 12.8 Å². The monoisotopic (exact) mass is 201 g/mol. The average Bonchev–Trinajstić information content (AvgIpc) is 2.16. The van der Waals surface area contributed by atoms with Crippen molar-refractivity contribution in [1.82, 2.24) is 4.90 Å². The number of carbonyl (C=O) groups is 2. The van der Waals surface area contributed by atoms with Crippen LogP contribution in [0.1, 0.15) is 19.8 Å². The zero-order valence-corrected chi connectivity index (χ0v) is 8.23. The van der Waals surface area contributed by atoms with Gasteiger partial charge in [-0.1, -0.05) is 6.92 Å². The van der Waals surface area contributed by atoms with E-state index in [4.69, 9.17) is 9.84 Å². The van der Waals surface area contributed by atoms with Gasteiger partial charge in [-0.25, -0.2) is 0 Å². The van der Waals surface area contributed by atoms with Gasteiger partial charge in [-0.2, -0.15) is 0 Å². The molecule has 1 fully saturated rings. The molecular weight excluding hydrogens is 186 g/mol. The van der Waals surface area contributed by atoms with Gasteiger partial charge in [0.05, 0.1) is 0 Å². The maximum Gasteiger partial charge on any atom is 0.255 e. The Hall–Kier alpha value is -0.940. The Morgan fingerprint density at radius 1 is 1.43 bits per heavy atom. The van der Waals surface area contributed by atoms with Crippen molar-refractivity contribution in [3.63, 3.8) is 0 Å². The summed E-state index contributed by atoms with van der Waals surface area (Å²) in [6.45, 7) is 1.80. The van der Waals surface area contributed by atoms with Gasteiger partial charge in [-0.3, -0.25) is 14.5 Å². The van der Waals surface area contributed by atoms with Gasteiger partial charge < -0.3 is 9.84 Å². The van der Waals surface area contributed by atoms with Crippen LogP contribution < -0.4 is 0 Å². The van der Waals surface area contributed by atoms with Crippen LogP contribution in [0, 0.1) is 0 Å². The maximum atomic E-state index is 11.4. The van der Waals surface area contributed by atoms with Crippen LogP contribution in [0.3, 0.4) is 0 Å². The number of amides is 2. The molecule has 5 heteroatoms. The summed E-state index contributed by atoms with van der Waals surface area (Å²) in [7, 11) is 0. The zero-order valence-electron chi connectivity index (χ0n) is 8.23. The minimum atomic E-state index is -0.304. The van der Waals surface area contributed by atoms with E-state index in [0.717, 1.165) is 0 Å². The molecule has 0 radical (unpaired) electrons. The van der Waals surface area contributed by atoms with Gasteiger partial charge in [-0.15, -0.1) is 0 Å². The molecule has 1 rings (SSSR count). The number of aliphatic hydroxyl groups excluding tert-OH is 1. The first-order valence-corrected chi connectivity index (χ1v) is 4.74. The van der Waals surface area contributed by atoms with Crippen molar-refractivity contribution in [2.24, 2.45) is 0 Å². The summed E-state index contributed by atoms with van der Waals surface area (Å²) in [6.07, 6.45) is 1.10. The summed E-state index contributed by atoms with van der Waals surface area (Å²) >= 11 is 0. The van der Waals surface area contributed by atoms with E-state index < -0.39 is 0 Å². The predicted molar refractivity (Wildman–Crippen MR) is 48.5 cm³/mol. The summed E-state index contributed by atoms with van der Waals surface area (Å²) in [6, 6.07) is -0.191. The number of morpholine rings is 1. The van der Waals surface area contributed by atoms with Gasteiger partial charge in [0.15, 0.2) is 0 Å². The van der Waals surface area contributed by atoms with Gasteiger partial charge in [0.25, 0.3) is 11.8 Å². The topological polar surface area (TPSA) is 66.8 Å². The second-order valence-electron chi connectivity index (χ2n) is 3.22. The van der Waals surface area contributed by atoms with Crippen molar-refractivity contribution in [3.05, 3.63) is 0 Å². The second kappa shape index (κ2) is 5.07. The average molecular weight is 201 g/mol. The smallest absolute Gasteiger partial charge is 0.255 e. The number of nitrogens with zero attached hydrogens (tertiary/aromatic N) is 1. The summed E-state index contributed by atoms with van der Waals surface area (Å²) < 4.78 is 4.79. The third-order valence-electron chi connectivity index (χ3n) is 2.29. The van der Waals surface area contributed by atoms with Crippen molar-refractivity contribution in [1.29, 1.82) is 0 Å². The van der Waals surface area contributed by atoms with E-state index in [1.165, 1.54) is 4.90 Å². The van der Waals surface area contributed by atoms with Crippen molar-refractivity contribution in [2.45, 2.75) is 25.8 Å². The molecule has 0 aromatic rings. The third kappa shape index (κ3) is 2.30. The summed E-state index contributed by atoms with van der Waals surface area (Å²) in [5.74, 6) is -0.608. The molecule has 0 aromatic carbocycles. The molecule has 0 aliphatic carbocycles. The lowest BCUT2D eigenvalue weighted by Crippen LogP contribution is -2.51. The van der Waals surface area contributed by atoms with Crippen molar-refractivity contribution in [3.8, 4) is 0 Å². The first-order valence-electron chi connectivity index (χ1n) is 4.74. The lowest BCUT2D eigenvalue weighted by Gasteiger charge is -2.31. The Kier molecular flexibility index (Phi) is 4.03. The van der Waals surface area contributed by atoms with Gasteiger partial charge in [0, 0.05) is 12.6 Å². The molecule has 1 saturated heterocycles. The number of hydrogen-bond acceptors (Lipinski definition) is 4. The fraction of sp³-hybridized carbons (Fsp3) is 0.778. The molecule has 0 spiro atoms. The zero-order chi connectivity index (χ0) is 10.6. The molecule has 1 unspecified atom stereocenters. The fourth-order valence-electron chi connectivity index (χ4n) is 1.58. The molecule has 80 valence electrons. The maximum absolute atomic E-state index is 11.4. The van der Waals surface area contributed by atoms with E-state index in [9.17, 15) is 9.59 Å². The third-order valence-corrected chi connectivity index (χ3v) is 2.29. The van der Waals surface area contributed by atoms with E-state index in [1.807, 2.05) is 6.92 Å². The van der Waals surface area contributed by atoms with E-state index in [0.29, 0.717) is 12.8 Å². The molecule has 0 saturated carbocycles. The van der Waals surface area contributed by atoms with Gasteiger partial charge in [0.1, 0.15) is 13.2 Å². The Bertz CT molecular complexity index is 213.